The van der Waals surface area contributed by atoms with Crippen LogP contribution in [0, 0.1) is 13.8 Å². The number of hydrogen-bond acceptors (Lipinski definition) is 0. The van der Waals surface area contributed by atoms with Crippen LogP contribution in [-0.4, -0.2) is 4.57 Å². The van der Waals surface area contributed by atoms with Crippen molar-refractivity contribution in [2.24, 2.45) is 0 Å². The van der Waals surface area contributed by atoms with Gasteiger partial charge in [0.1, 0.15) is 0 Å². The van der Waals surface area contributed by atoms with E-state index in [-0.39, 0.29) is 10.8 Å². The first-order valence-corrected chi connectivity index (χ1v) is 36.6. The van der Waals surface area contributed by atoms with Gasteiger partial charge in [-0.05, 0) is 177 Å². The second-order valence-electron chi connectivity index (χ2n) is 28.1. The molecule has 1 heteroatoms. The van der Waals surface area contributed by atoms with Crippen LogP contribution in [0.2, 0.25) is 0 Å². The van der Waals surface area contributed by atoms with E-state index in [0.717, 1.165) is 0 Å². The predicted molar refractivity (Wildman–Crippen MR) is 396 cm³/mol. The average molecular weight is 1200 g/mol. The zero-order chi connectivity index (χ0) is 62.6. The molecule has 0 N–H and O–H groups in total. The molecular weight excluding hydrogens is 1090 g/mol. The van der Waals surface area contributed by atoms with E-state index < -0.39 is 0 Å². The zero-order valence-corrected chi connectivity index (χ0v) is 56.6. The molecule has 0 spiro atoms. The lowest BCUT2D eigenvalue weighted by Crippen LogP contribution is -2.25. The van der Waals surface area contributed by atoms with E-state index in [1.54, 1.807) is 22.3 Å². The smallest absolute Gasteiger partial charge is 0.0541 e. The minimum absolute atomic E-state index is 0.00938. The molecule has 1 nitrogen and oxygen atoms in total. The molecule has 0 fully saturated rings. The minimum Gasteiger partial charge on any atom is -0.309 e. The predicted octanol–water partition coefficient (Wildman–Crippen LogP) is 27.6. The summed E-state index contributed by atoms with van der Waals surface area (Å²) in [5.41, 5.74) is 28.8. The number of unbranched alkanes of at least 4 members (excludes halogenated alkanes) is 20. The van der Waals surface area contributed by atoms with Gasteiger partial charge in [0.05, 0.1) is 11.0 Å². The molecule has 470 valence electrons. The van der Waals surface area contributed by atoms with Gasteiger partial charge < -0.3 is 4.57 Å². The summed E-state index contributed by atoms with van der Waals surface area (Å²) in [5, 5.41) is 2.60. The average Bonchev–Trinajstić information content (AvgIpc) is 1.58. The van der Waals surface area contributed by atoms with Crippen LogP contribution in [0.3, 0.4) is 0 Å². The van der Waals surface area contributed by atoms with Crippen molar-refractivity contribution >= 4 is 21.8 Å². The molecule has 12 rings (SSSR count). The summed E-state index contributed by atoms with van der Waals surface area (Å²) in [4.78, 5) is 0. The Hall–Kier alpha value is -7.22. The molecule has 0 bridgehead atoms. The molecule has 0 saturated carbocycles. The van der Waals surface area contributed by atoms with E-state index in [0.29, 0.717) is 0 Å². The van der Waals surface area contributed by atoms with E-state index >= 15 is 0 Å². The molecular formula is C90H105N. The maximum Gasteiger partial charge on any atom is 0.0541 e. The van der Waals surface area contributed by atoms with Gasteiger partial charge in [0.25, 0.3) is 0 Å². The van der Waals surface area contributed by atoms with Gasteiger partial charge in [0, 0.05) is 27.3 Å². The fourth-order valence-electron chi connectivity index (χ4n) is 16.7. The standard InChI is InChI=1S/C90H105N/c1-7-11-15-19-23-31-55-89(56-32-24-20-16-12-8-2)83-59-67(6)41-51-77(83)78-53-49-72(64-85(78)89)74-60-75(62-76(61-74)91-87-37-29-27-35-81(87)82-36-28-30-38-88(82)91)73-50-54-80-79-52-48-71(70-46-44-69(45-47-70)68-42-39-66(5)40-43-68)63-84(79)90(86(80)65-73,57-33-25-21-17-13-9-3)58-34-26-22-18-14-10-4/h27-30,35-54,59-65H,7-26,31-34,55-58H2,1-6H3. The number of aryl methyl sites for hydroxylation is 2. The zero-order valence-electron chi connectivity index (χ0n) is 56.6. The first kappa shape index (κ1) is 63.9. The van der Waals surface area contributed by atoms with Gasteiger partial charge in [0.15, 0.2) is 0 Å². The Labute approximate surface area is 549 Å². The molecule has 9 aromatic carbocycles. The van der Waals surface area contributed by atoms with Gasteiger partial charge in [-0.25, -0.2) is 0 Å². The highest BCUT2D eigenvalue weighted by atomic mass is 15.0. The highest BCUT2D eigenvalue weighted by molar-refractivity contribution is 6.09. The molecule has 0 aliphatic heterocycles. The highest BCUT2D eigenvalue weighted by Crippen LogP contribution is 2.58. The molecule has 1 aromatic heterocycles. The number of para-hydroxylation sites is 2. The van der Waals surface area contributed by atoms with E-state index in [9.17, 15) is 0 Å². The Morgan fingerprint density at radius 1 is 0.253 bits per heavy atom. The van der Waals surface area contributed by atoms with Crippen molar-refractivity contribution in [2.45, 2.75) is 232 Å². The first-order valence-electron chi connectivity index (χ1n) is 36.6. The van der Waals surface area contributed by atoms with E-state index in [2.05, 4.69) is 234 Å². The van der Waals surface area contributed by atoms with Gasteiger partial charge in [0.2, 0.25) is 0 Å². The lowest BCUT2D eigenvalue weighted by molar-refractivity contribution is 0.398. The van der Waals surface area contributed by atoms with Gasteiger partial charge in [-0.15, -0.1) is 0 Å². The summed E-state index contributed by atoms with van der Waals surface area (Å²) in [5.74, 6) is 0. The summed E-state index contributed by atoms with van der Waals surface area (Å²) in [6.07, 6.45) is 36.2. The molecule has 0 unspecified atom stereocenters. The number of fused-ring (bicyclic) bond motifs is 9. The number of benzene rings is 9. The van der Waals surface area contributed by atoms with Crippen LogP contribution in [-0.2, 0) is 10.8 Å². The van der Waals surface area contributed by atoms with Crippen LogP contribution in [0.4, 0.5) is 0 Å². The van der Waals surface area contributed by atoms with Gasteiger partial charge in [-0.3, -0.25) is 0 Å². The second-order valence-corrected chi connectivity index (χ2v) is 28.1. The summed E-state index contributed by atoms with van der Waals surface area (Å²) < 4.78 is 2.57. The normalized spacial score (nSPS) is 13.5. The number of rotatable bonds is 33. The molecule has 0 atom stereocenters. The van der Waals surface area contributed by atoms with Crippen molar-refractivity contribution in [3.8, 4) is 72.4 Å². The van der Waals surface area contributed by atoms with Crippen molar-refractivity contribution < 1.29 is 0 Å². The minimum atomic E-state index is -0.0933. The third kappa shape index (κ3) is 13.7. The SMILES string of the molecule is CCCCCCCCC1(CCCCCCCC)c2cc(C)ccc2-c2ccc(-c3cc(-c4ccc5c(c4)C(CCCCCCCC)(CCCCCCCC)c4cc(-c6ccc(-c7ccc(C)cc7)cc6)ccc4-5)cc(-n4c5ccccc5c5ccccc54)c3)cc21. The maximum atomic E-state index is 2.71. The number of hydrogen-bond donors (Lipinski definition) is 0. The third-order valence-corrected chi connectivity index (χ3v) is 21.7. The van der Waals surface area contributed by atoms with Crippen LogP contribution in [0.15, 0.2) is 188 Å². The molecule has 0 amide bonds. The fraction of sp³-hybridized carbons (Fsp3) is 0.400. The van der Waals surface area contributed by atoms with Crippen molar-refractivity contribution in [1.29, 1.82) is 0 Å². The van der Waals surface area contributed by atoms with Crippen molar-refractivity contribution in [1.82, 2.24) is 4.57 Å². The summed E-state index contributed by atoms with van der Waals surface area (Å²) in [6, 6.07) is 74.8. The van der Waals surface area contributed by atoms with E-state index in [1.807, 2.05) is 0 Å². The second kappa shape index (κ2) is 30.0. The van der Waals surface area contributed by atoms with Gasteiger partial charge in [-0.2, -0.15) is 0 Å². The van der Waals surface area contributed by atoms with Crippen LogP contribution in [0.25, 0.3) is 94.3 Å². The van der Waals surface area contributed by atoms with Crippen LogP contribution in [0.5, 0.6) is 0 Å². The molecule has 10 aromatic rings. The Morgan fingerprint density at radius 2 is 0.549 bits per heavy atom. The largest absolute Gasteiger partial charge is 0.309 e. The van der Waals surface area contributed by atoms with Crippen LogP contribution >= 0.6 is 0 Å². The maximum absolute atomic E-state index is 2.71. The Bertz CT molecular complexity index is 3940. The van der Waals surface area contributed by atoms with E-state index in [4.69, 9.17) is 0 Å². The van der Waals surface area contributed by atoms with E-state index in [1.165, 1.54) is 285 Å². The first-order chi connectivity index (χ1) is 44.8. The number of aromatic nitrogens is 1. The lowest BCUT2D eigenvalue weighted by atomic mass is 9.69. The Kier molecular flexibility index (Phi) is 21.1. The summed E-state index contributed by atoms with van der Waals surface area (Å²) in [7, 11) is 0. The summed E-state index contributed by atoms with van der Waals surface area (Å²) >= 11 is 0. The molecule has 0 radical (unpaired) electrons. The quantitative estimate of drug-likeness (QED) is 0.0361. The Balaban J connectivity index is 1.01. The fourth-order valence-corrected chi connectivity index (χ4v) is 16.7. The molecule has 1 heterocycles. The van der Waals surface area contributed by atoms with Crippen molar-refractivity contribution in [3.05, 3.63) is 221 Å². The molecule has 2 aliphatic rings. The Morgan fingerprint density at radius 3 is 0.945 bits per heavy atom. The lowest BCUT2D eigenvalue weighted by Gasteiger charge is -2.33. The van der Waals surface area contributed by atoms with Crippen LogP contribution < -0.4 is 0 Å². The molecule has 0 saturated heterocycles. The van der Waals surface area contributed by atoms with Crippen molar-refractivity contribution in [2.75, 3.05) is 0 Å². The van der Waals surface area contributed by atoms with Crippen LogP contribution in [0.1, 0.15) is 241 Å². The highest BCUT2D eigenvalue weighted by Gasteiger charge is 2.44. The topological polar surface area (TPSA) is 4.93 Å². The summed E-state index contributed by atoms with van der Waals surface area (Å²) in [6.45, 7) is 13.9. The monoisotopic (exact) mass is 1200 g/mol. The molecule has 91 heavy (non-hydrogen) atoms. The molecule has 2 aliphatic carbocycles. The van der Waals surface area contributed by atoms with Crippen molar-refractivity contribution in [3.63, 3.8) is 0 Å². The number of nitrogens with zero attached hydrogens (tertiary/aromatic N) is 1. The van der Waals surface area contributed by atoms with Gasteiger partial charge >= 0.3 is 0 Å². The van der Waals surface area contributed by atoms with Gasteiger partial charge in [-0.1, -0.05) is 332 Å². The third-order valence-electron chi connectivity index (χ3n) is 21.7.